The molecule has 4 N–H and O–H groups in total. The molecule has 4 heteroatoms. The fraction of sp³-hybridized carbons (Fsp3) is 0.400. The van der Waals surface area contributed by atoms with E-state index >= 15 is 0 Å². The molecular weight excluding hydrogens is 116 g/mol. The number of hydrogen-bond acceptors (Lipinski definition) is 2. The first-order chi connectivity index (χ1) is 4.35. The minimum Gasteiger partial charge on any atom is -0.358 e. The number of nitrogens with two attached hydrogens (primary N) is 1. The van der Waals surface area contributed by atoms with Gasteiger partial charge in [-0.15, -0.1) is 6.42 Å². The van der Waals surface area contributed by atoms with E-state index in [1.165, 1.54) is 0 Å². The first kappa shape index (κ1) is 7.79. The molecule has 0 rings (SSSR count). The molecule has 0 fully saturated rings. The van der Waals surface area contributed by atoms with E-state index in [-0.39, 0.29) is 0 Å². The summed E-state index contributed by atoms with van der Waals surface area (Å²) >= 11 is 0. The number of rotatable bonds is 1. The van der Waals surface area contributed by atoms with Gasteiger partial charge in [0.1, 0.15) is 6.54 Å². The SMILES string of the molecule is C#CC/N=C(/NC)NN. The van der Waals surface area contributed by atoms with Crippen molar-refractivity contribution < 1.29 is 0 Å². The number of nitrogens with zero attached hydrogens (tertiary/aromatic N) is 1. The number of hydrazine groups is 1. The maximum absolute atomic E-state index is 5.01. The molecule has 0 aromatic rings. The van der Waals surface area contributed by atoms with E-state index in [1.54, 1.807) is 7.05 Å². The van der Waals surface area contributed by atoms with Crippen molar-refractivity contribution in [3.8, 4) is 12.3 Å². The molecule has 0 radical (unpaired) electrons. The minimum atomic E-state index is 0.334. The van der Waals surface area contributed by atoms with Gasteiger partial charge in [-0.2, -0.15) is 0 Å². The molecule has 0 unspecified atom stereocenters. The Morgan fingerprint density at radius 2 is 2.56 bits per heavy atom. The Morgan fingerprint density at radius 3 is 2.89 bits per heavy atom. The predicted molar refractivity (Wildman–Crippen MR) is 37.5 cm³/mol. The van der Waals surface area contributed by atoms with Crippen molar-refractivity contribution in [2.75, 3.05) is 13.6 Å². The van der Waals surface area contributed by atoms with Gasteiger partial charge in [0.15, 0.2) is 0 Å². The summed E-state index contributed by atoms with van der Waals surface area (Å²) < 4.78 is 0. The molecular formula is C5H10N4. The van der Waals surface area contributed by atoms with Crippen LogP contribution in [-0.2, 0) is 0 Å². The number of nitrogens with one attached hydrogen (secondary N) is 2. The van der Waals surface area contributed by atoms with Crippen molar-refractivity contribution in [1.29, 1.82) is 0 Å². The number of guanidine groups is 1. The molecule has 0 spiro atoms. The first-order valence-electron chi connectivity index (χ1n) is 2.47. The molecule has 4 nitrogen and oxygen atoms in total. The highest BCUT2D eigenvalue weighted by molar-refractivity contribution is 5.78. The van der Waals surface area contributed by atoms with Crippen LogP contribution < -0.4 is 16.6 Å². The van der Waals surface area contributed by atoms with Gasteiger partial charge in [0.05, 0.1) is 0 Å². The lowest BCUT2D eigenvalue weighted by atomic mass is 10.7. The Bertz CT molecular complexity index is 126. The Labute approximate surface area is 54.5 Å². The number of aliphatic imine (C=N–C) groups is 1. The molecule has 0 atom stereocenters. The fourth-order valence-electron chi connectivity index (χ4n) is 0.322. The third kappa shape index (κ3) is 3.38. The summed E-state index contributed by atoms with van der Waals surface area (Å²) in [5.41, 5.74) is 2.33. The smallest absolute Gasteiger partial charge is 0.206 e. The zero-order chi connectivity index (χ0) is 7.11. The summed E-state index contributed by atoms with van der Waals surface area (Å²) in [6, 6.07) is 0. The Hall–Kier alpha value is -1.21. The molecule has 0 heterocycles. The van der Waals surface area contributed by atoms with Gasteiger partial charge in [0, 0.05) is 7.05 Å². The van der Waals surface area contributed by atoms with Crippen LogP contribution in [0, 0.1) is 12.3 Å². The van der Waals surface area contributed by atoms with E-state index in [1.807, 2.05) is 0 Å². The van der Waals surface area contributed by atoms with Crippen LogP contribution >= 0.6 is 0 Å². The van der Waals surface area contributed by atoms with Gasteiger partial charge in [0.25, 0.3) is 0 Å². The highest BCUT2D eigenvalue weighted by Gasteiger charge is 1.84. The normalized spacial score (nSPS) is 10.1. The lowest BCUT2D eigenvalue weighted by Gasteiger charge is -2.00. The van der Waals surface area contributed by atoms with E-state index in [2.05, 4.69) is 21.7 Å². The molecule has 0 aromatic carbocycles. The molecule has 0 saturated carbocycles. The molecule has 50 valence electrons. The van der Waals surface area contributed by atoms with Crippen molar-refractivity contribution in [3.05, 3.63) is 0 Å². The second kappa shape index (κ2) is 4.94. The lowest BCUT2D eigenvalue weighted by Crippen LogP contribution is -2.39. The third-order valence-electron chi connectivity index (χ3n) is 0.702. The number of hydrogen-bond donors (Lipinski definition) is 3. The standard InChI is InChI=1S/C5H10N4/c1-3-4-8-5(7-2)9-6/h1H,4,6H2,2H3,(H2,7,8,9). The van der Waals surface area contributed by atoms with Crippen LogP contribution in [-0.4, -0.2) is 19.6 Å². The average molecular weight is 126 g/mol. The zero-order valence-electron chi connectivity index (χ0n) is 5.31. The summed E-state index contributed by atoms with van der Waals surface area (Å²) in [6.07, 6.45) is 4.93. The van der Waals surface area contributed by atoms with E-state index in [0.717, 1.165) is 0 Å². The average Bonchev–Trinajstić information content (AvgIpc) is 1.91. The van der Waals surface area contributed by atoms with E-state index in [9.17, 15) is 0 Å². The maximum atomic E-state index is 5.01. The lowest BCUT2D eigenvalue weighted by molar-refractivity contribution is 0.930. The Kier molecular flexibility index (Phi) is 4.27. The first-order valence-corrected chi connectivity index (χ1v) is 2.47. The van der Waals surface area contributed by atoms with Crippen LogP contribution in [0.5, 0.6) is 0 Å². The highest BCUT2D eigenvalue weighted by atomic mass is 15.3. The monoisotopic (exact) mass is 126 g/mol. The van der Waals surface area contributed by atoms with E-state index in [0.29, 0.717) is 12.5 Å². The van der Waals surface area contributed by atoms with Crippen LogP contribution in [0.25, 0.3) is 0 Å². The summed E-state index contributed by atoms with van der Waals surface area (Å²) in [7, 11) is 1.70. The summed E-state index contributed by atoms with van der Waals surface area (Å²) in [4.78, 5) is 3.81. The van der Waals surface area contributed by atoms with Crippen molar-refractivity contribution in [3.63, 3.8) is 0 Å². The predicted octanol–water partition coefficient (Wildman–Crippen LogP) is -1.34. The van der Waals surface area contributed by atoms with Crippen LogP contribution in [0.15, 0.2) is 4.99 Å². The van der Waals surface area contributed by atoms with E-state index < -0.39 is 0 Å². The second-order valence-corrected chi connectivity index (χ2v) is 1.26. The zero-order valence-corrected chi connectivity index (χ0v) is 5.31. The summed E-state index contributed by atoms with van der Waals surface area (Å²) in [6.45, 7) is 0.334. The summed E-state index contributed by atoms with van der Waals surface area (Å²) in [5, 5.41) is 2.70. The summed E-state index contributed by atoms with van der Waals surface area (Å²) in [5.74, 6) is 7.85. The molecule has 9 heavy (non-hydrogen) atoms. The molecule has 0 aromatic heterocycles. The van der Waals surface area contributed by atoms with Crippen LogP contribution in [0.4, 0.5) is 0 Å². The number of terminal acetylenes is 1. The molecule has 0 bridgehead atoms. The third-order valence-corrected chi connectivity index (χ3v) is 0.702. The van der Waals surface area contributed by atoms with Gasteiger partial charge in [0.2, 0.25) is 5.96 Å². The van der Waals surface area contributed by atoms with Crippen molar-refractivity contribution >= 4 is 5.96 Å². The largest absolute Gasteiger partial charge is 0.358 e. The van der Waals surface area contributed by atoms with Crippen molar-refractivity contribution in [2.24, 2.45) is 10.8 Å². The Balaban J connectivity index is 3.64. The molecule has 0 aliphatic heterocycles. The van der Waals surface area contributed by atoms with Crippen molar-refractivity contribution in [1.82, 2.24) is 10.7 Å². The van der Waals surface area contributed by atoms with Crippen LogP contribution in [0.3, 0.4) is 0 Å². The van der Waals surface area contributed by atoms with Crippen LogP contribution in [0.2, 0.25) is 0 Å². The fourth-order valence-corrected chi connectivity index (χ4v) is 0.322. The topological polar surface area (TPSA) is 62.4 Å². The molecule has 0 saturated heterocycles. The van der Waals surface area contributed by atoms with Gasteiger partial charge in [-0.1, -0.05) is 5.92 Å². The maximum Gasteiger partial charge on any atom is 0.206 e. The van der Waals surface area contributed by atoms with Crippen molar-refractivity contribution in [2.45, 2.75) is 0 Å². The minimum absolute atomic E-state index is 0.334. The van der Waals surface area contributed by atoms with Gasteiger partial charge < -0.3 is 5.32 Å². The Morgan fingerprint density at radius 1 is 1.89 bits per heavy atom. The van der Waals surface area contributed by atoms with Gasteiger partial charge in [-0.25, -0.2) is 10.8 Å². The van der Waals surface area contributed by atoms with E-state index in [4.69, 9.17) is 12.3 Å². The molecule has 0 amide bonds. The van der Waals surface area contributed by atoms with Crippen LogP contribution in [0.1, 0.15) is 0 Å². The quantitative estimate of drug-likeness (QED) is 0.134. The molecule has 0 aliphatic rings. The van der Waals surface area contributed by atoms with Gasteiger partial charge >= 0.3 is 0 Å². The highest BCUT2D eigenvalue weighted by Crippen LogP contribution is 1.64. The van der Waals surface area contributed by atoms with Gasteiger partial charge in [-0.05, 0) is 0 Å². The second-order valence-electron chi connectivity index (χ2n) is 1.26. The molecule has 0 aliphatic carbocycles. The van der Waals surface area contributed by atoms with Gasteiger partial charge in [-0.3, -0.25) is 5.43 Å².